The van der Waals surface area contributed by atoms with Gasteiger partial charge in [-0.3, -0.25) is 9.20 Å². The first kappa shape index (κ1) is 17.3. The second-order valence-electron chi connectivity index (χ2n) is 6.31. The molecule has 0 fully saturated rings. The van der Waals surface area contributed by atoms with Crippen LogP contribution in [0.15, 0.2) is 60.1 Å². The number of carbonyl (C=O) groups is 1. The van der Waals surface area contributed by atoms with E-state index in [1.165, 1.54) is 0 Å². The molecule has 6 heteroatoms. The number of amides is 1. The van der Waals surface area contributed by atoms with Gasteiger partial charge in [0.15, 0.2) is 4.96 Å². The van der Waals surface area contributed by atoms with Crippen LogP contribution in [0.1, 0.15) is 11.3 Å². The standard InChI is InChI=1S/C21H19N3O2S/c1-14-13-27-21-23-19(12-24(14)21)16-4-3-5-17(11-16)22-20(25)10-15-6-8-18(26-2)9-7-15/h3-9,11-13H,10H2,1-2H3,(H,22,25). The van der Waals surface area contributed by atoms with Crippen LogP contribution in [0.4, 0.5) is 5.69 Å². The summed E-state index contributed by atoms with van der Waals surface area (Å²) in [6, 6.07) is 15.3. The Morgan fingerprint density at radius 3 is 2.78 bits per heavy atom. The normalized spacial score (nSPS) is 10.9. The monoisotopic (exact) mass is 377 g/mol. The first-order valence-corrected chi connectivity index (χ1v) is 9.47. The van der Waals surface area contributed by atoms with Crippen molar-refractivity contribution < 1.29 is 9.53 Å². The molecule has 1 N–H and O–H groups in total. The molecule has 0 aliphatic heterocycles. The van der Waals surface area contributed by atoms with Crippen LogP contribution in [-0.2, 0) is 11.2 Å². The highest BCUT2D eigenvalue weighted by molar-refractivity contribution is 7.15. The summed E-state index contributed by atoms with van der Waals surface area (Å²) < 4.78 is 7.22. The van der Waals surface area contributed by atoms with Gasteiger partial charge in [-0.15, -0.1) is 11.3 Å². The number of nitrogens with one attached hydrogen (secondary N) is 1. The van der Waals surface area contributed by atoms with E-state index in [-0.39, 0.29) is 5.91 Å². The van der Waals surface area contributed by atoms with Crippen molar-refractivity contribution in [1.29, 1.82) is 0 Å². The zero-order valence-electron chi connectivity index (χ0n) is 15.1. The number of aryl methyl sites for hydroxylation is 1. The highest BCUT2D eigenvalue weighted by Gasteiger charge is 2.09. The van der Waals surface area contributed by atoms with Gasteiger partial charge in [0.2, 0.25) is 5.91 Å². The smallest absolute Gasteiger partial charge is 0.228 e. The quantitative estimate of drug-likeness (QED) is 0.555. The van der Waals surface area contributed by atoms with Crippen molar-refractivity contribution in [2.75, 3.05) is 12.4 Å². The molecule has 0 radical (unpaired) electrons. The number of ether oxygens (including phenoxy) is 1. The second-order valence-corrected chi connectivity index (χ2v) is 7.15. The molecule has 0 spiro atoms. The van der Waals surface area contributed by atoms with Crippen LogP contribution in [0.25, 0.3) is 16.2 Å². The number of hydrogen-bond donors (Lipinski definition) is 1. The number of aromatic nitrogens is 2. The minimum Gasteiger partial charge on any atom is -0.497 e. The number of hydrogen-bond acceptors (Lipinski definition) is 4. The molecule has 4 rings (SSSR count). The Labute approximate surface area is 161 Å². The molecule has 0 aliphatic rings. The lowest BCUT2D eigenvalue weighted by Gasteiger charge is -2.07. The van der Waals surface area contributed by atoms with Crippen LogP contribution in [0, 0.1) is 6.92 Å². The summed E-state index contributed by atoms with van der Waals surface area (Å²) in [5.41, 5.74) is 4.75. The molecule has 2 aromatic heterocycles. The van der Waals surface area contributed by atoms with Crippen LogP contribution in [-0.4, -0.2) is 22.4 Å². The molecule has 2 heterocycles. The van der Waals surface area contributed by atoms with Crippen LogP contribution >= 0.6 is 11.3 Å². The molecular formula is C21H19N3O2S. The Morgan fingerprint density at radius 1 is 1.22 bits per heavy atom. The highest BCUT2D eigenvalue weighted by Crippen LogP contribution is 2.25. The fourth-order valence-electron chi connectivity index (χ4n) is 2.92. The summed E-state index contributed by atoms with van der Waals surface area (Å²) in [5, 5.41) is 5.05. The van der Waals surface area contributed by atoms with Gasteiger partial charge in [0.1, 0.15) is 5.75 Å². The number of thiazole rings is 1. The maximum absolute atomic E-state index is 12.4. The van der Waals surface area contributed by atoms with Gasteiger partial charge in [0, 0.05) is 28.5 Å². The Morgan fingerprint density at radius 2 is 2.04 bits per heavy atom. The van der Waals surface area contributed by atoms with Crippen molar-refractivity contribution in [3.63, 3.8) is 0 Å². The topological polar surface area (TPSA) is 55.6 Å². The molecule has 27 heavy (non-hydrogen) atoms. The molecule has 0 atom stereocenters. The maximum Gasteiger partial charge on any atom is 0.228 e. The van der Waals surface area contributed by atoms with Gasteiger partial charge < -0.3 is 10.1 Å². The van der Waals surface area contributed by atoms with Gasteiger partial charge in [0.25, 0.3) is 0 Å². The molecule has 2 aromatic carbocycles. The van der Waals surface area contributed by atoms with Crippen molar-refractivity contribution in [3.05, 3.63) is 71.4 Å². The van der Waals surface area contributed by atoms with E-state index < -0.39 is 0 Å². The number of methoxy groups -OCH3 is 1. The van der Waals surface area contributed by atoms with Crippen LogP contribution in [0.2, 0.25) is 0 Å². The van der Waals surface area contributed by atoms with Crippen molar-refractivity contribution in [2.45, 2.75) is 13.3 Å². The summed E-state index contributed by atoms with van der Waals surface area (Å²) in [5.74, 6) is 0.723. The van der Waals surface area contributed by atoms with E-state index in [0.717, 1.165) is 38.9 Å². The lowest BCUT2D eigenvalue weighted by molar-refractivity contribution is -0.115. The van der Waals surface area contributed by atoms with E-state index in [9.17, 15) is 4.79 Å². The van der Waals surface area contributed by atoms with Crippen LogP contribution in [0.5, 0.6) is 5.75 Å². The van der Waals surface area contributed by atoms with E-state index in [0.29, 0.717) is 6.42 Å². The zero-order chi connectivity index (χ0) is 18.8. The van der Waals surface area contributed by atoms with E-state index in [1.54, 1.807) is 18.4 Å². The third-order valence-electron chi connectivity index (χ3n) is 4.35. The molecular weight excluding hydrogens is 358 g/mol. The molecule has 0 bridgehead atoms. The van der Waals surface area contributed by atoms with Gasteiger partial charge in [-0.05, 0) is 36.8 Å². The van der Waals surface area contributed by atoms with E-state index >= 15 is 0 Å². The number of benzene rings is 2. The predicted molar refractivity (Wildman–Crippen MR) is 109 cm³/mol. The minimum atomic E-state index is -0.0565. The third kappa shape index (κ3) is 3.71. The number of fused-ring (bicyclic) bond motifs is 1. The average molecular weight is 377 g/mol. The lowest BCUT2D eigenvalue weighted by atomic mass is 10.1. The number of imidazole rings is 1. The summed E-state index contributed by atoms with van der Waals surface area (Å²) in [7, 11) is 1.62. The molecule has 0 unspecified atom stereocenters. The Kier molecular flexibility index (Phi) is 4.64. The minimum absolute atomic E-state index is 0.0565. The van der Waals surface area contributed by atoms with Crippen molar-refractivity contribution in [1.82, 2.24) is 9.38 Å². The first-order chi connectivity index (χ1) is 13.1. The van der Waals surface area contributed by atoms with Gasteiger partial charge in [0.05, 0.1) is 19.2 Å². The molecule has 5 nitrogen and oxygen atoms in total. The van der Waals surface area contributed by atoms with Gasteiger partial charge in [-0.25, -0.2) is 4.98 Å². The van der Waals surface area contributed by atoms with Gasteiger partial charge >= 0.3 is 0 Å². The SMILES string of the molecule is COc1ccc(CC(=O)Nc2cccc(-c3cn4c(C)csc4n3)c2)cc1. The molecule has 136 valence electrons. The summed E-state index contributed by atoms with van der Waals surface area (Å²) in [4.78, 5) is 18.0. The van der Waals surface area contributed by atoms with Crippen molar-refractivity contribution in [2.24, 2.45) is 0 Å². The summed E-state index contributed by atoms with van der Waals surface area (Å²) >= 11 is 1.62. The fraction of sp³-hybridized carbons (Fsp3) is 0.143. The molecule has 4 aromatic rings. The summed E-state index contributed by atoms with van der Waals surface area (Å²) in [6.07, 6.45) is 2.34. The Balaban J connectivity index is 1.49. The van der Waals surface area contributed by atoms with Crippen LogP contribution in [0.3, 0.4) is 0 Å². The van der Waals surface area contributed by atoms with Crippen LogP contribution < -0.4 is 10.1 Å². The first-order valence-electron chi connectivity index (χ1n) is 8.59. The zero-order valence-corrected chi connectivity index (χ0v) is 15.9. The molecule has 0 aliphatic carbocycles. The van der Waals surface area contributed by atoms with Crippen molar-refractivity contribution in [3.8, 4) is 17.0 Å². The Bertz CT molecular complexity index is 1100. The number of anilines is 1. The van der Waals surface area contributed by atoms with Gasteiger partial charge in [-0.1, -0.05) is 24.3 Å². The molecule has 1 amide bonds. The predicted octanol–water partition coefficient (Wildman–Crippen LogP) is 4.56. The Hall–Kier alpha value is -3.12. The van der Waals surface area contributed by atoms with Crippen molar-refractivity contribution >= 4 is 27.9 Å². The number of nitrogens with zero attached hydrogens (tertiary/aromatic N) is 2. The summed E-state index contributed by atoms with van der Waals surface area (Å²) in [6.45, 7) is 2.06. The number of carbonyl (C=O) groups excluding carboxylic acids is 1. The van der Waals surface area contributed by atoms with E-state index in [4.69, 9.17) is 4.74 Å². The third-order valence-corrected chi connectivity index (χ3v) is 5.31. The largest absolute Gasteiger partial charge is 0.497 e. The highest BCUT2D eigenvalue weighted by atomic mass is 32.1. The molecule has 0 saturated carbocycles. The fourth-order valence-corrected chi connectivity index (χ4v) is 3.77. The molecule has 0 saturated heterocycles. The van der Waals surface area contributed by atoms with E-state index in [2.05, 4.69) is 27.0 Å². The van der Waals surface area contributed by atoms with E-state index in [1.807, 2.05) is 54.7 Å². The second kappa shape index (κ2) is 7.25. The number of rotatable bonds is 5. The van der Waals surface area contributed by atoms with Gasteiger partial charge in [-0.2, -0.15) is 0 Å². The average Bonchev–Trinajstić information content (AvgIpc) is 3.25. The maximum atomic E-state index is 12.4. The lowest BCUT2D eigenvalue weighted by Crippen LogP contribution is -2.14.